The number of aliphatic imine (C=N–C) groups is 2. The van der Waals surface area contributed by atoms with Crippen molar-refractivity contribution in [3.63, 3.8) is 0 Å². The highest BCUT2D eigenvalue weighted by Gasteiger charge is 2.06. The molecular weight excluding hydrogens is 284 g/mol. The third-order valence-electron chi connectivity index (χ3n) is 3.91. The molecule has 0 aliphatic heterocycles. The Morgan fingerprint density at radius 1 is 0.783 bits per heavy atom. The van der Waals surface area contributed by atoms with Gasteiger partial charge in [0.25, 0.3) is 0 Å². The van der Waals surface area contributed by atoms with Gasteiger partial charge in [-0.3, -0.25) is 20.0 Å². The highest BCUT2D eigenvalue weighted by Crippen LogP contribution is 2.35. The average Bonchev–Trinajstić information content (AvgIpc) is 2.58. The highest BCUT2D eigenvalue weighted by atomic mass is 14.8. The van der Waals surface area contributed by atoms with Gasteiger partial charge in [0.2, 0.25) is 0 Å². The second-order valence-corrected chi connectivity index (χ2v) is 5.33. The molecule has 23 heavy (non-hydrogen) atoms. The first-order chi connectivity index (χ1) is 11.3. The number of nitrogens with zero attached hydrogens (tertiary/aromatic N) is 4. The second-order valence-electron chi connectivity index (χ2n) is 5.33. The second kappa shape index (κ2) is 5.25. The summed E-state index contributed by atoms with van der Waals surface area (Å²) in [4.78, 5) is 17.2. The lowest BCUT2D eigenvalue weighted by atomic mass is 10.0. The smallest absolute Gasteiger partial charge is 0.0893 e. The van der Waals surface area contributed by atoms with E-state index in [9.17, 15) is 0 Å². The third-order valence-corrected chi connectivity index (χ3v) is 3.91. The van der Waals surface area contributed by atoms with Crippen LogP contribution in [0.2, 0.25) is 0 Å². The van der Waals surface area contributed by atoms with Crippen LogP contribution in [-0.4, -0.2) is 22.9 Å². The maximum atomic E-state index is 4.38. The van der Waals surface area contributed by atoms with Gasteiger partial charge in [-0.25, -0.2) is 0 Å². The first kappa shape index (κ1) is 13.5. The molecule has 0 saturated heterocycles. The van der Waals surface area contributed by atoms with Crippen molar-refractivity contribution in [1.82, 2.24) is 9.97 Å². The lowest BCUT2D eigenvalue weighted by Gasteiger charge is -2.07. The zero-order valence-corrected chi connectivity index (χ0v) is 12.7. The molecule has 0 N–H and O–H groups in total. The van der Waals surface area contributed by atoms with Gasteiger partial charge in [-0.15, -0.1) is 0 Å². The zero-order valence-electron chi connectivity index (χ0n) is 12.7. The summed E-state index contributed by atoms with van der Waals surface area (Å²) in [6.07, 6.45) is 5.19. The van der Waals surface area contributed by atoms with E-state index in [1.165, 1.54) is 0 Å². The molecule has 4 nitrogen and oxygen atoms in total. The summed E-state index contributed by atoms with van der Waals surface area (Å²) in [6, 6.07) is 12.5. The molecular formula is C19H14N4. The van der Waals surface area contributed by atoms with Gasteiger partial charge in [0.1, 0.15) is 0 Å². The normalized spacial score (nSPS) is 11.7. The van der Waals surface area contributed by atoms with Crippen LogP contribution >= 0.6 is 0 Å². The van der Waals surface area contributed by atoms with Crippen LogP contribution in [0.5, 0.6) is 0 Å². The molecule has 4 aromatic rings. The summed E-state index contributed by atoms with van der Waals surface area (Å²) in [7, 11) is 0. The summed E-state index contributed by atoms with van der Waals surface area (Å²) >= 11 is 0. The van der Waals surface area contributed by atoms with Crippen LogP contribution in [0.4, 0.5) is 11.4 Å². The Bertz CT molecular complexity index is 1100. The molecule has 110 valence electrons. The molecule has 0 amide bonds. The van der Waals surface area contributed by atoms with Crippen molar-refractivity contribution in [2.45, 2.75) is 6.92 Å². The zero-order chi connectivity index (χ0) is 15.8. The Morgan fingerprint density at radius 2 is 1.30 bits per heavy atom. The topological polar surface area (TPSA) is 50.5 Å². The molecule has 0 saturated carbocycles. The molecule has 0 unspecified atom stereocenters. The van der Waals surface area contributed by atoms with E-state index in [-0.39, 0.29) is 0 Å². The quantitative estimate of drug-likeness (QED) is 0.386. The molecule has 1 heterocycles. The molecule has 0 aliphatic carbocycles. The minimum atomic E-state index is 0.788. The number of aromatic nitrogens is 2. The Morgan fingerprint density at radius 3 is 1.83 bits per heavy atom. The summed E-state index contributed by atoms with van der Waals surface area (Å²) in [5, 5.41) is 4.50. The summed E-state index contributed by atoms with van der Waals surface area (Å²) in [5.74, 6) is 0. The molecule has 4 heteroatoms. The van der Waals surface area contributed by atoms with E-state index >= 15 is 0 Å². The van der Waals surface area contributed by atoms with E-state index < -0.39 is 0 Å². The van der Waals surface area contributed by atoms with Gasteiger partial charge in [-0.2, -0.15) is 0 Å². The van der Waals surface area contributed by atoms with E-state index in [1.807, 2.05) is 19.1 Å². The summed E-state index contributed by atoms with van der Waals surface area (Å²) in [6.45, 7) is 5.53. The third kappa shape index (κ3) is 2.25. The number of hydrogen-bond acceptors (Lipinski definition) is 4. The van der Waals surface area contributed by atoms with E-state index in [0.717, 1.165) is 44.0 Å². The minimum absolute atomic E-state index is 0.788. The molecule has 3 aromatic carbocycles. The van der Waals surface area contributed by atoms with Crippen LogP contribution in [0.15, 0.2) is 58.8 Å². The number of fused-ring (bicyclic) bond motifs is 3. The fourth-order valence-corrected chi connectivity index (χ4v) is 2.86. The molecule has 1 aromatic heterocycles. The first-order valence-electron chi connectivity index (χ1n) is 7.36. The average molecular weight is 298 g/mol. The fourth-order valence-electron chi connectivity index (χ4n) is 2.86. The van der Waals surface area contributed by atoms with Gasteiger partial charge < -0.3 is 0 Å². The van der Waals surface area contributed by atoms with Gasteiger partial charge in [-0.05, 0) is 71.6 Å². The van der Waals surface area contributed by atoms with Crippen molar-refractivity contribution in [2.75, 3.05) is 0 Å². The van der Waals surface area contributed by atoms with Gasteiger partial charge in [0.15, 0.2) is 0 Å². The number of benzene rings is 3. The Labute approximate surface area is 133 Å². The minimum Gasteiger partial charge on any atom is -0.262 e. The lowest BCUT2D eigenvalue weighted by Crippen LogP contribution is -1.84. The molecule has 0 spiro atoms. The fraction of sp³-hybridized carbons (Fsp3) is 0.0526. The predicted molar refractivity (Wildman–Crippen MR) is 97.6 cm³/mol. The summed E-state index contributed by atoms with van der Waals surface area (Å²) in [5.41, 5.74) is 3.41. The van der Waals surface area contributed by atoms with Gasteiger partial charge in [0, 0.05) is 18.6 Å². The monoisotopic (exact) mass is 298 g/mol. The Hall–Kier alpha value is -3.14. The van der Waals surface area contributed by atoms with Crippen LogP contribution in [0.3, 0.4) is 0 Å². The van der Waals surface area contributed by atoms with Gasteiger partial charge >= 0.3 is 0 Å². The Kier molecular flexibility index (Phi) is 3.08. The lowest BCUT2D eigenvalue weighted by molar-refractivity contribution is 1.30. The van der Waals surface area contributed by atoms with Crippen molar-refractivity contribution in [3.8, 4) is 0 Å². The van der Waals surface area contributed by atoms with E-state index in [0.29, 0.717) is 0 Å². The molecule has 0 fully saturated rings. The molecule has 0 bridgehead atoms. The van der Waals surface area contributed by atoms with Crippen LogP contribution in [0, 0.1) is 0 Å². The van der Waals surface area contributed by atoms with Crippen LogP contribution in [0.25, 0.3) is 32.6 Å². The maximum absolute atomic E-state index is 4.38. The van der Waals surface area contributed by atoms with Crippen molar-refractivity contribution in [1.29, 1.82) is 0 Å². The van der Waals surface area contributed by atoms with Crippen LogP contribution in [-0.2, 0) is 0 Å². The van der Waals surface area contributed by atoms with E-state index in [4.69, 9.17) is 0 Å². The maximum Gasteiger partial charge on any atom is 0.0893 e. The summed E-state index contributed by atoms with van der Waals surface area (Å²) < 4.78 is 0. The molecule has 0 radical (unpaired) electrons. The van der Waals surface area contributed by atoms with E-state index in [2.05, 4.69) is 50.9 Å². The van der Waals surface area contributed by atoms with Crippen LogP contribution in [0.1, 0.15) is 6.92 Å². The van der Waals surface area contributed by atoms with Crippen LogP contribution < -0.4 is 0 Å². The SMILES string of the molecule is C=Nc1cc2cc3cc4nccnc4cc3cc2cc1N=CC. The first-order valence-corrected chi connectivity index (χ1v) is 7.36. The predicted octanol–water partition coefficient (Wildman–Crippen LogP) is 4.99. The molecule has 0 atom stereocenters. The molecule has 4 rings (SSSR count). The van der Waals surface area contributed by atoms with Gasteiger partial charge in [-0.1, -0.05) is 0 Å². The molecule has 0 aliphatic rings. The van der Waals surface area contributed by atoms with Crippen molar-refractivity contribution < 1.29 is 0 Å². The standard InChI is InChI=1S/C19H14N4/c1-3-21-17-9-13-7-15-11-19-18(22-4-5-23-19)10-14(15)6-12(13)8-16(17)20-2/h3-11H,2H2,1H3. The van der Waals surface area contributed by atoms with Crippen molar-refractivity contribution in [2.24, 2.45) is 9.98 Å². The largest absolute Gasteiger partial charge is 0.262 e. The number of rotatable bonds is 2. The van der Waals surface area contributed by atoms with Crippen molar-refractivity contribution in [3.05, 3.63) is 48.8 Å². The number of hydrogen-bond donors (Lipinski definition) is 0. The van der Waals surface area contributed by atoms with E-state index in [1.54, 1.807) is 18.6 Å². The van der Waals surface area contributed by atoms with Crippen molar-refractivity contribution >= 4 is 56.9 Å². The Balaban J connectivity index is 2.07. The van der Waals surface area contributed by atoms with Gasteiger partial charge in [0.05, 0.1) is 22.4 Å². The highest BCUT2D eigenvalue weighted by molar-refractivity contribution is 6.05.